The Kier molecular flexibility index (Phi) is 5.09. The molecule has 1 aliphatic rings. The second kappa shape index (κ2) is 8.19. The number of ether oxygens (including phenoxy) is 2. The second-order valence-corrected chi connectivity index (χ2v) is 7.11. The van der Waals surface area contributed by atoms with E-state index in [4.69, 9.17) is 9.47 Å². The average Bonchev–Trinajstić information content (AvgIpc) is 3.23. The molecule has 0 aliphatic carbocycles. The van der Waals surface area contributed by atoms with Crippen LogP contribution in [0.3, 0.4) is 0 Å². The third-order valence-electron chi connectivity index (χ3n) is 5.19. The van der Waals surface area contributed by atoms with Gasteiger partial charge < -0.3 is 24.3 Å². The molecule has 3 aromatic heterocycles. The fraction of sp³-hybridized carbons (Fsp3) is 0.227. The van der Waals surface area contributed by atoms with Gasteiger partial charge in [0.05, 0.1) is 43.6 Å². The number of pyridine rings is 1. The lowest BCUT2D eigenvalue weighted by atomic mass is 10.2. The summed E-state index contributed by atoms with van der Waals surface area (Å²) in [5.74, 6) is 0.682. The zero-order valence-electron chi connectivity index (χ0n) is 17.0. The van der Waals surface area contributed by atoms with Gasteiger partial charge in [-0.1, -0.05) is 0 Å². The highest BCUT2D eigenvalue weighted by Crippen LogP contribution is 2.26. The van der Waals surface area contributed by atoms with Gasteiger partial charge in [0.1, 0.15) is 11.5 Å². The molecule has 0 unspecified atom stereocenters. The van der Waals surface area contributed by atoms with Crippen molar-refractivity contribution in [2.45, 2.75) is 0 Å². The van der Waals surface area contributed by atoms with Gasteiger partial charge in [-0.25, -0.2) is 14.4 Å². The minimum absolute atomic E-state index is 0.266. The minimum atomic E-state index is -0.266. The summed E-state index contributed by atoms with van der Waals surface area (Å²) in [5, 5.41) is 3.99. The molecule has 4 heterocycles. The summed E-state index contributed by atoms with van der Waals surface area (Å²) >= 11 is 0. The zero-order valence-corrected chi connectivity index (χ0v) is 17.0. The summed E-state index contributed by atoms with van der Waals surface area (Å²) in [4.78, 5) is 15.2. The molecule has 0 bridgehead atoms. The molecule has 4 aromatic rings. The van der Waals surface area contributed by atoms with Crippen molar-refractivity contribution in [3.8, 4) is 11.6 Å². The van der Waals surface area contributed by atoms with E-state index in [0.717, 1.165) is 11.1 Å². The predicted octanol–water partition coefficient (Wildman–Crippen LogP) is 3.54. The number of aromatic nitrogens is 4. The quantitative estimate of drug-likeness (QED) is 0.529. The number of nitrogens with one attached hydrogen (secondary N) is 1. The summed E-state index contributed by atoms with van der Waals surface area (Å²) in [7, 11) is 1.57. The number of morpholine rings is 1. The van der Waals surface area contributed by atoms with Gasteiger partial charge in [0.25, 0.3) is 0 Å². The van der Waals surface area contributed by atoms with Crippen LogP contribution in [0.5, 0.6) is 5.88 Å². The van der Waals surface area contributed by atoms with Crippen molar-refractivity contribution in [3.63, 3.8) is 0 Å². The number of anilines is 3. The summed E-state index contributed by atoms with van der Waals surface area (Å²) in [6.07, 6.45) is 5.24. The van der Waals surface area contributed by atoms with Crippen LogP contribution >= 0.6 is 0 Å². The first-order valence-corrected chi connectivity index (χ1v) is 9.95. The average molecular weight is 420 g/mol. The number of methoxy groups -OCH3 is 1. The lowest BCUT2D eigenvalue weighted by Crippen LogP contribution is -2.36. The van der Waals surface area contributed by atoms with Crippen molar-refractivity contribution < 1.29 is 13.9 Å². The van der Waals surface area contributed by atoms with E-state index in [1.165, 1.54) is 6.07 Å². The summed E-state index contributed by atoms with van der Waals surface area (Å²) in [5.41, 5.74) is 2.70. The molecule has 1 aliphatic heterocycles. The van der Waals surface area contributed by atoms with Crippen LogP contribution in [0, 0.1) is 5.82 Å². The fourth-order valence-electron chi connectivity index (χ4n) is 3.60. The van der Waals surface area contributed by atoms with Gasteiger partial charge in [0, 0.05) is 43.0 Å². The van der Waals surface area contributed by atoms with Crippen LogP contribution in [-0.2, 0) is 4.74 Å². The summed E-state index contributed by atoms with van der Waals surface area (Å²) < 4.78 is 27.2. The van der Waals surface area contributed by atoms with Crippen molar-refractivity contribution in [2.75, 3.05) is 43.6 Å². The van der Waals surface area contributed by atoms with Gasteiger partial charge in [-0.2, -0.15) is 4.98 Å². The van der Waals surface area contributed by atoms with Crippen LogP contribution in [0.2, 0.25) is 0 Å². The molecular weight excluding hydrogens is 399 g/mol. The molecule has 31 heavy (non-hydrogen) atoms. The molecule has 1 N–H and O–H groups in total. The van der Waals surface area contributed by atoms with Crippen molar-refractivity contribution in [3.05, 3.63) is 60.8 Å². The van der Waals surface area contributed by atoms with Crippen molar-refractivity contribution in [2.24, 2.45) is 0 Å². The van der Waals surface area contributed by atoms with Gasteiger partial charge in [-0.15, -0.1) is 0 Å². The minimum Gasteiger partial charge on any atom is -0.481 e. The Morgan fingerprint density at radius 3 is 2.68 bits per heavy atom. The van der Waals surface area contributed by atoms with Gasteiger partial charge >= 0.3 is 0 Å². The van der Waals surface area contributed by atoms with Crippen LogP contribution in [-0.4, -0.2) is 52.9 Å². The van der Waals surface area contributed by atoms with Gasteiger partial charge in [0.15, 0.2) is 0 Å². The molecule has 0 amide bonds. The Bertz CT molecular complexity index is 1200. The molecule has 0 atom stereocenters. The lowest BCUT2D eigenvalue weighted by Gasteiger charge is -2.29. The number of halogens is 1. The molecular formula is C22H21FN6O2. The maximum Gasteiger partial charge on any atom is 0.229 e. The number of benzene rings is 1. The van der Waals surface area contributed by atoms with Crippen molar-refractivity contribution in [1.29, 1.82) is 0 Å². The predicted molar refractivity (Wildman–Crippen MR) is 116 cm³/mol. The molecule has 0 saturated carbocycles. The molecule has 1 saturated heterocycles. The standard InChI is InChI=1S/C22H21FN6O2/c1-30-20-5-2-16(14-24-20)26-22-25-13-15-6-7-29(21(15)27-22)17-3-4-19(18(23)12-17)28-8-10-31-11-9-28/h2-7,12-14H,8-11H2,1H3,(H,25,26,27). The van der Waals surface area contributed by atoms with Crippen LogP contribution in [0.25, 0.3) is 16.7 Å². The zero-order chi connectivity index (χ0) is 21.2. The van der Waals surface area contributed by atoms with E-state index in [9.17, 15) is 4.39 Å². The second-order valence-electron chi connectivity index (χ2n) is 7.11. The smallest absolute Gasteiger partial charge is 0.229 e. The number of nitrogens with zero attached hydrogens (tertiary/aromatic N) is 5. The normalized spacial score (nSPS) is 14.1. The topological polar surface area (TPSA) is 77.3 Å². The third kappa shape index (κ3) is 3.87. The van der Waals surface area contributed by atoms with E-state index < -0.39 is 0 Å². The van der Waals surface area contributed by atoms with E-state index in [-0.39, 0.29) is 5.82 Å². The molecule has 0 radical (unpaired) electrons. The van der Waals surface area contributed by atoms with Crippen molar-refractivity contribution in [1.82, 2.24) is 19.5 Å². The van der Waals surface area contributed by atoms with Crippen LogP contribution in [0.4, 0.5) is 21.7 Å². The number of fused-ring (bicyclic) bond motifs is 1. The number of hydrogen-bond acceptors (Lipinski definition) is 7. The molecule has 0 spiro atoms. The van der Waals surface area contributed by atoms with E-state index >= 15 is 0 Å². The molecule has 8 nitrogen and oxygen atoms in total. The molecule has 1 fully saturated rings. The first kappa shape index (κ1) is 19.3. The number of hydrogen-bond donors (Lipinski definition) is 1. The molecule has 158 valence electrons. The van der Waals surface area contributed by atoms with E-state index in [1.54, 1.807) is 25.6 Å². The Labute approximate surface area is 178 Å². The fourth-order valence-corrected chi connectivity index (χ4v) is 3.60. The van der Waals surface area contributed by atoms with E-state index in [1.807, 2.05) is 39.9 Å². The largest absolute Gasteiger partial charge is 0.481 e. The highest BCUT2D eigenvalue weighted by Gasteiger charge is 2.16. The van der Waals surface area contributed by atoms with Crippen molar-refractivity contribution >= 4 is 28.4 Å². The Balaban J connectivity index is 1.44. The monoisotopic (exact) mass is 420 g/mol. The first-order chi connectivity index (χ1) is 15.2. The molecule has 9 heteroatoms. The summed E-state index contributed by atoms with van der Waals surface area (Å²) in [6.45, 7) is 2.59. The first-order valence-electron chi connectivity index (χ1n) is 9.95. The summed E-state index contributed by atoms with van der Waals surface area (Å²) in [6, 6.07) is 10.7. The van der Waals surface area contributed by atoms with Crippen LogP contribution < -0.4 is 15.0 Å². The van der Waals surface area contributed by atoms with Gasteiger partial charge in [0.2, 0.25) is 11.8 Å². The van der Waals surface area contributed by atoms with Gasteiger partial charge in [-0.05, 0) is 24.3 Å². The third-order valence-corrected chi connectivity index (χ3v) is 5.19. The molecule has 1 aromatic carbocycles. The Morgan fingerprint density at radius 1 is 1.06 bits per heavy atom. The number of rotatable bonds is 5. The van der Waals surface area contributed by atoms with Crippen LogP contribution in [0.1, 0.15) is 0 Å². The van der Waals surface area contributed by atoms with Crippen LogP contribution in [0.15, 0.2) is 55.0 Å². The lowest BCUT2D eigenvalue weighted by molar-refractivity contribution is 0.122. The van der Waals surface area contributed by atoms with E-state index in [0.29, 0.717) is 55.2 Å². The molecule has 5 rings (SSSR count). The Hall–Kier alpha value is -3.72. The maximum atomic E-state index is 14.9. The SMILES string of the molecule is COc1ccc(Nc2ncc3ccn(-c4ccc(N5CCOCC5)c(F)c4)c3n2)cn1. The Morgan fingerprint density at radius 2 is 1.94 bits per heavy atom. The highest BCUT2D eigenvalue weighted by molar-refractivity contribution is 5.79. The highest BCUT2D eigenvalue weighted by atomic mass is 19.1. The maximum absolute atomic E-state index is 14.9. The van der Waals surface area contributed by atoms with Gasteiger partial charge in [-0.3, -0.25) is 0 Å². The van der Waals surface area contributed by atoms with E-state index in [2.05, 4.69) is 20.3 Å².